The van der Waals surface area contributed by atoms with Crippen LogP contribution in [0.4, 0.5) is 0 Å². The third-order valence-electron chi connectivity index (χ3n) is 1.64. The van der Waals surface area contributed by atoms with Crippen LogP contribution < -0.4 is 4.72 Å². The van der Waals surface area contributed by atoms with E-state index in [9.17, 15) is 4.55 Å². The Morgan fingerprint density at radius 3 is 2.08 bits per heavy atom. The Hall–Kier alpha value is -0.170. The molecule has 2 nitrogen and oxygen atoms in total. The number of rotatable bonds is 3. The molecule has 0 saturated carbocycles. The van der Waals surface area contributed by atoms with Gasteiger partial charge in [-0.1, -0.05) is 19.8 Å². The summed E-state index contributed by atoms with van der Waals surface area (Å²) in [7, 11) is 0. The second-order valence-corrected chi connectivity index (χ2v) is 6.39. The van der Waals surface area contributed by atoms with Gasteiger partial charge in [-0.2, -0.15) is 0 Å². The first kappa shape index (κ1) is 12.8. The van der Waals surface area contributed by atoms with Gasteiger partial charge in [-0.25, -0.2) is 0 Å². The summed E-state index contributed by atoms with van der Waals surface area (Å²) in [6.07, 6.45) is 5.32. The molecule has 2 atom stereocenters. The van der Waals surface area contributed by atoms with Gasteiger partial charge in [0.05, 0.1) is 0 Å². The fraction of sp³-hybridized carbons (Fsp3) is 0.800. The fourth-order valence-corrected chi connectivity index (χ4v) is 1.58. The average molecular weight is 201 g/mol. The third kappa shape index (κ3) is 4.56. The van der Waals surface area contributed by atoms with E-state index in [1.165, 1.54) is 0 Å². The molecule has 0 amide bonds. The van der Waals surface area contributed by atoms with Crippen LogP contribution in [0.5, 0.6) is 0 Å². The van der Waals surface area contributed by atoms with Crippen molar-refractivity contribution in [3.63, 3.8) is 0 Å². The summed E-state index contributed by atoms with van der Waals surface area (Å²) < 4.78 is 14.3. The van der Waals surface area contributed by atoms with Crippen LogP contribution in [0, 0.1) is 18.3 Å². The summed E-state index contributed by atoms with van der Waals surface area (Å²) in [6, 6.07) is -0.111. The molecule has 1 N–H and O–H groups in total. The van der Waals surface area contributed by atoms with Crippen molar-refractivity contribution in [1.29, 1.82) is 0 Å². The molecule has 0 aromatic carbocycles. The Kier molecular flexibility index (Phi) is 4.83. The highest BCUT2D eigenvalue weighted by atomic mass is 32.2. The molecule has 0 aliphatic heterocycles. The molecule has 0 heterocycles. The lowest BCUT2D eigenvalue weighted by atomic mass is 10.1. The summed E-state index contributed by atoms with van der Waals surface area (Å²) in [5.41, 5.74) is 0. The van der Waals surface area contributed by atoms with Crippen molar-refractivity contribution < 1.29 is 4.55 Å². The topological polar surface area (TPSA) is 35.1 Å². The summed E-state index contributed by atoms with van der Waals surface area (Å²) in [6.45, 7) is 9.78. The molecular formula is C10H19NOS. The van der Waals surface area contributed by atoms with E-state index in [1.807, 2.05) is 34.6 Å². The number of terminal acetylenes is 1. The molecule has 0 aromatic heterocycles. The Balaban J connectivity index is 4.20. The summed E-state index contributed by atoms with van der Waals surface area (Å²) in [4.78, 5) is 0. The van der Waals surface area contributed by atoms with Crippen molar-refractivity contribution in [3.8, 4) is 12.3 Å². The minimum Gasteiger partial charge on any atom is -0.598 e. The Morgan fingerprint density at radius 2 is 1.85 bits per heavy atom. The lowest BCUT2D eigenvalue weighted by Crippen LogP contribution is -2.46. The van der Waals surface area contributed by atoms with Crippen LogP contribution in [0.25, 0.3) is 0 Å². The molecule has 76 valence electrons. The third-order valence-corrected chi connectivity index (χ3v) is 3.22. The summed E-state index contributed by atoms with van der Waals surface area (Å²) in [5, 5.41) is 0. The Bertz CT molecular complexity index is 190. The summed E-state index contributed by atoms with van der Waals surface area (Å²) >= 11 is -1.08. The van der Waals surface area contributed by atoms with Gasteiger partial charge in [0.1, 0.15) is 10.8 Å². The van der Waals surface area contributed by atoms with Crippen molar-refractivity contribution in [2.24, 2.45) is 5.92 Å². The highest BCUT2D eigenvalue weighted by Gasteiger charge is 2.29. The van der Waals surface area contributed by atoms with Crippen LogP contribution in [0.3, 0.4) is 0 Å². The summed E-state index contributed by atoms with van der Waals surface area (Å²) in [5.74, 6) is 2.90. The first-order valence-electron chi connectivity index (χ1n) is 4.43. The monoisotopic (exact) mass is 201 g/mol. The van der Waals surface area contributed by atoms with Crippen molar-refractivity contribution in [2.75, 3.05) is 0 Å². The van der Waals surface area contributed by atoms with E-state index in [4.69, 9.17) is 6.42 Å². The van der Waals surface area contributed by atoms with Gasteiger partial charge < -0.3 is 4.55 Å². The lowest BCUT2D eigenvalue weighted by Gasteiger charge is -2.27. The van der Waals surface area contributed by atoms with Crippen LogP contribution in [0.15, 0.2) is 0 Å². The van der Waals surface area contributed by atoms with E-state index in [2.05, 4.69) is 10.6 Å². The van der Waals surface area contributed by atoms with E-state index in [0.29, 0.717) is 5.92 Å². The van der Waals surface area contributed by atoms with Gasteiger partial charge in [0.15, 0.2) is 0 Å². The van der Waals surface area contributed by atoms with Crippen molar-refractivity contribution in [1.82, 2.24) is 4.72 Å². The molecule has 0 bridgehead atoms. The highest BCUT2D eigenvalue weighted by Crippen LogP contribution is 2.15. The van der Waals surface area contributed by atoms with Gasteiger partial charge in [0.25, 0.3) is 0 Å². The van der Waals surface area contributed by atoms with E-state index in [-0.39, 0.29) is 10.8 Å². The van der Waals surface area contributed by atoms with Crippen LogP contribution in [-0.2, 0) is 11.4 Å². The zero-order valence-corrected chi connectivity index (χ0v) is 9.87. The standard InChI is InChI=1S/C10H19NOS/c1-7-9(8(2)3)11-13(12)10(4,5)6/h1,8-9,11H,2-6H3. The van der Waals surface area contributed by atoms with Gasteiger partial charge in [-0.05, 0) is 26.7 Å². The normalized spacial score (nSPS) is 16.8. The second-order valence-electron chi connectivity index (χ2n) is 4.39. The maximum atomic E-state index is 11.6. The molecule has 2 unspecified atom stereocenters. The van der Waals surface area contributed by atoms with E-state index >= 15 is 0 Å². The predicted octanol–water partition coefficient (Wildman–Crippen LogP) is 1.70. The Labute approximate surface area is 84.8 Å². The van der Waals surface area contributed by atoms with Crippen molar-refractivity contribution >= 4 is 11.4 Å². The van der Waals surface area contributed by atoms with E-state index in [0.717, 1.165) is 0 Å². The van der Waals surface area contributed by atoms with Crippen molar-refractivity contribution in [3.05, 3.63) is 0 Å². The molecule has 0 saturated heterocycles. The quantitative estimate of drug-likeness (QED) is 0.557. The van der Waals surface area contributed by atoms with E-state index in [1.54, 1.807) is 0 Å². The molecule has 13 heavy (non-hydrogen) atoms. The number of hydrogen-bond acceptors (Lipinski definition) is 2. The van der Waals surface area contributed by atoms with Gasteiger partial charge in [-0.15, -0.1) is 11.1 Å². The first-order chi connectivity index (χ1) is 5.79. The fourth-order valence-electron chi connectivity index (χ4n) is 0.655. The zero-order chi connectivity index (χ0) is 10.6. The minimum atomic E-state index is -1.08. The number of nitrogens with one attached hydrogen (secondary N) is 1. The maximum Gasteiger partial charge on any atom is 0.136 e. The molecular weight excluding hydrogens is 182 g/mol. The molecule has 0 fully saturated rings. The van der Waals surface area contributed by atoms with Crippen LogP contribution >= 0.6 is 0 Å². The molecule has 0 rings (SSSR count). The molecule has 0 aliphatic carbocycles. The predicted molar refractivity (Wildman–Crippen MR) is 58.5 cm³/mol. The van der Waals surface area contributed by atoms with Crippen molar-refractivity contribution in [2.45, 2.75) is 45.4 Å². The molecule has 0 aliphatic rings. The average Bonchev–Trinajstić information content (AvgIpc) is 1.96. The van der Waals surface area contributed by atoms with Gasteiger partial charge >= 0.3 is 0 Å². The SMILES string of the molecule is C#CC(N[S+]([O-])C(C)(C)C)C(C)C. The molecule has 3 heteroatoms. The van der Waals surface area contributed by atoms with Gasteiger partial charge in [0.2, 0.25) is 0 Å². The maximum absolute atomic E-state index is 11.6. The molecule has 0 spiro atoms. The van der Waals surface area contributed by atoms with Gasteiger partial charge in [0, 0.05) is 11.4 Å². The Morgan fingerprint density at radius 1 is 1.38 bits per heavy atom. The first-order valence-corrected chi connectivity index (χ1v) is 5.58. The zero-order valence-electron chi connectivity index (χ0n) is 9.05. The molecule has 0 radical (unpaired) electrons. The largest absolute Gasteiger partial charge is 0.598 e. The molecule has 0 aromatic rings. The van der Waals surface area contributed by atoms with Gasteiger partial charge in [-0.3, -0.25) is 0 Å². The van der Waals surface area contributed by atoms with E-state index < -0.39 is 11.4 Å². The smallest absolute Gasteiger partial charge is 0.136 e. The second kappa shape index (κ2) is 4.90. The van der Waals surface area contributed by atoms with Crippen LogP contribution in [-0.4, -0.2) is 15.3 Å². The minimum absolute atomic E-state index is 0.111. The van der Waals surface area contributed by atoms with Crippen LogP contribution in [0.2, 0.25) is 0 Å². The number of hydrogen-bond donors (Lipinski definition) is 1. The van der Waals surface area contributed by atoms with Crippen LogP contribution in [0.1, 0.15) is 34.6 Å². The highest BCUT2D eigenvalue weighted by molar-refractivity contribution is 7.90. The lowest BCUT2D eigenvalue weighted by molar-refractivity contribution is 0.498.